The lowest BCUT2D eigenvalue weighted by Crippen LogP contribution is -2.26. The molecule has 24 heavy (non-hydrogen) atoms. The van der Waals surface area contributed by atoms with Gasteiger partial charge in [0.15, 0.2) is 0 Å². The molecule has 0 saturated carbocycles. The van der Waals surface area contributed by atoms with Gasteiger partial charge >= 0.3 is 0 Å². The fourth-order valence-corrected chi connectivity index (χ4v) is 2.20. The molecule has 2 aromatic rings. The van der Waals surface area contributed by atoms with E-state index in [9.17, 15) is 4.79 Å². The number of nitrogens with zero attached hydrogens (tertiary/aromatic N) is 1. The van der Waals surface area contributed by atoms with Crippen molar-refractivity contribution in [1.82, 2.24) is 5.43 Å². The van der Waals surface area contributed by atoms with Gasteiger partial charge < -0.3 is 5.32 Å². The molecule has 0 bridgehead atoms. The standard InChI is InChI=1S/C20H23N3O/c1-15-9-12-19(16(2)13-15)21-14-20(24)23-22-17(3)10-11-18-7-5-4-6-8-18/h4-13,21H,14H2,1-3H3,(H,23,24)/b11-10+,22-17?. The van der Waals surface area contributed by atoms with E-state index in [-0.39, 0.29) is 12.5 Å². The lowest BCUT2D eigenvalue weighted by atomic mass is 10.1. The molecule has 0 aliphatic carbocycles. The van der Waals surface area contributed by atoms with Crippen LogP contribution in [0.2, 0.25) is 0 Å². The first-order valence-corrected chi connectivity index (χ1v) is 7.92. The van der Waals surface area contributed by atoms with Crippen molar-refractivity contribution in [2.75, 3.05) is 11.9 Å². The number of amides is 1. The Bertz CT molecular complexity index is 749. The number of allylic oxidation sites excluding steroid dienone is 1. The van der Waals surface area contributed by atoms with Crippen molar-refractivity contribution in [1.29, 1.82) is 0 Å². The molecule has 2 rings (SSSR count). The Morgan fingerprint density at radius 1 is 1.12 bits per heavy atom. The third-order valence-electron chi connectivity index (χ3n) is 3.49. The second-order valence-corrected chi connectivity index (χ2v) is 5.70. The maximum absolute atomic E-state index is 11.9. The van der Waals surface area contributed by atoms with E-state index < -0.39 is 0 Å². The van der Waals surface area contributed by atoms with Crippen LogP contribution in [0.1, 0.15) is 23.6 Å². The summed E-state index contributed by atoms with van der Waals surface area (Å²) in [5.41, 5.74) is 7.66. The summed E-state index contributed by atoms with van der Waals surface area (Å²) in [5.74, 6) is -0.178. The van der Waals surface area contributed by atoms with Gasteiger partial charge in [-0.05, 0) is 44.0 Å². The van der Waals surface area contributed by atoms with Crippen LogP contribution in [-0.4, -0.2) is 18.2 Å². The lowest BCUT2D eigenvalue weighted by molar-refractivity contribution is -0.119. The predicted molar refractivity (Wildman–Crippen MR) is 101 cm³/mol. The predicted octanol–water partition coefficient (Wildman–Crippen LogP) is 3.92. The van der Waals surface area contributed by atoms with Crippen LogP contribution in [0.5, 0.6) is 0 Å². The van der Waals surface area contributed by atoms with E-state index in [2.05, 4.69) is 21.9 Å². The van der Waals surface area contributed by atoms with E-state index in [0.29, 0.717) is 0 Å². The Kier molecular flexibility index (Phi) is 6.32. The number of rotatable bonds is 6. The molecule has 124 valence electrons. The number of carbonyl (C=O) groups excluding carboxylic acids is 1. The molecule has 2 N–H and O–H groups in total. The smallest absolute Gasteiger partial charge is 0.259 e. The van der Waals surface area contributed by atoms with Crippen LogP contribution in [-0.2, 0) is 4.79 Å². The molecule has 1 amide bonds. The number of hydrogen-bond acceptors (Lipinski definition) is 3. The van der Waals surface area contributed by atoms with Crippen LogP contribution in [0.15, 0.2) is 59.7 Å². The summed E-state index contributed by atoms with van der Waals surface area (Å²) in [5, 5.41) is 7.20. The summed E-state index contributed by atoms with van der Waals surface area (Å²) in [6.45, 7) is 6.09. The quantitative estimate of drug-likeness (QED) is 0.626. The molecule has 0 aliphatic heterocycles. The second kappa shape index (κ2) is 8.67. The zero-order valence-corrected chi connectivity index (χ0v) is 14.3. The molecule has 0 fully saturated rings. The number of benzene rings is 2. The molecule has 4 heteroatoms. The maximum Gasteiger partial charge on any atom is 0.259 e. The average Bonchev–Trinajstić information content (AvgIpc) is 2.58. The minimum atomic E-state index is -0.178. The molecule has 0 spiro atoms. The van der Waals surface area contributed by atoms with Gasteiger partial charge in [-0.2, -0.15) is 5.10 Å². The summed E-state index contributed by atoms with van der Waals surface area (Å²) in [7, 11) is 0. The zero-order chi connectivity index (χ0) is 17.4. The van der Waals surface area contributed by atoms with Crippen molar-refractivity contribution < 1.29 is 4.79 Å². The number of aryl methyl sites for hydroxylation is 2. The summed E-state index contributed by atoms with van der Waals surface area (Å²) in [6, 6.07) is 16.0. The highest BCUT2D eigenvalue weighted by atomic mass is 16.2. The van der Waals surface area contributed by atoms with Crippen molar-refractivity contribution in [2.45, 2.75) is 20.8 Å². The minimum Gasteiger partial charge on any atom is -0.376 e. The van der Waals surface area contributed by atoms with Crippen LogP contribution in [0.25, 0.3) is 6.08 Å². The van der Waals surface area contributed by atoms with Gasteiger partial charge in [-0.15, -0.1) is 0 Å². The fraction of sp³-hybridized carbons (Fsp3) is 0.200. The van der Waals surface area contributed by atoms with E-state index in [1.807, 2.05) is 75.4 Å². The third-order valence-corrected chi connectivity index (χ3v) is 3.49. The highest BCUT2D eigenvalue weighted by Crippen LogP contribution is 2.15. The summed E-state index contributed by atoms with van der Waals surface area (Å²) >= 11 is 0. The Hall–Kier alpha value is -2.88. The van der Waals surface area contributed by atoms with E-state index in [0.717, 1.165) is 22.5 Å². The maximum atomic E-state index is 11.9. The van der Waals surface area contributed by atoms with Crippen molar-refractivity contribution in [3.05, 3.63) is 71.3 Å². The number of carbonyl (C=O) groups is 1. The van der Waals surface area contributed by atoms with Gasteiger partial charge in [0.25, 0.3) is 5.91 Å². The van der Waals surface area contributed by atoms with Crippen LogP contribution in [0.3, 0.4) is 0 Å². The molecule has 0 unspecified atom stereocenters. The average molecular weight is 321 g/mol. The molecule has 0 heterocycles. The number of nitrogens with one attached hydrogen (secondary N) is 2. The van der Waals surface area contributed by atoms with Crippen molar-refractivity contribution in [3.63, 3.8) is 0 Å². The monoisotopic (exact) mass is 321 g/mol. The Labute approximate surface area is 143 Å². The van der Waals surface area contributed by atoms with Crippen molar-refractivity contribution >= 4 is 23.4 Å². The third kappa shape index (κ3) is 5.72. The second-order valence-electron chi connectivity index (χ2n) is 5.70. The number of anilines is 1. The van der Waals surface area contributed by atoms with Gasteiger partial charge in [0.1, 0.15) is 0 Å². The van der Waals surface area contributed by atoms with Crippen LogP contribution in [0, 0.1) is 13.8 Å². The van der Waals surface area contributed by atoms with E-state index >= 15 is 0 Å². The first-order chi connectivity index (χ1) is 11.5. The zero-order valence-electron chi connectivity index (χ0n) is 14.3. The van der Waals surface area contributed by atoms with E-state index in [4.69, 9.17) is 0 Å². The molecular weight excluding hydrogens is 298 g/mol. The van der Waals surface area contributed by atoms with E-state index in [1.165, 1.54) is 5.56 Å². The number of hydrazone groups is 1. The molecular formula is C20H23N3O. The van der Waals surface area contributed by atoms with Crippen LogP contribution in [0.4, 0.5) is 5.69 Å². The summed E-state index contributed by atoms with van der Waals surface area (Å²) in [6.07, 6.45) is 3.83. The molecule has 0 aliphatic rings. The van der Waals surface area contributed by atoms with Gasteiger partial charge in [0.05, 0.1) is 12.3 Å². The fourth-order valence-electron chi connectivity index (χ4n) is 2.20. The molecule has 4 nitrogen and oxygen atoms in total. The van der Waals surface area contributed by atoms with Gasteiger partial charge in [0, 0.05) is 5.69 Å². The molecule has 0 radical (unpaired) electrons. The van der Waals surface area contributed by atoms with Crippen molar-refractivity contribution in [2.24, 2.45) is 5.10 Å². The molecule has 0 saturated heterocycles. The van der Waals surface area contributed by atoms with Crippen LogP contribution >= 0.6 is 0 Å². The number of hydrogen-bond donors (Lipinski definition) is 2. The Morgan fingerprint density at radius 3 is 2.58 bits per heavy atom. The van der Waals surface area contributed by atoms with Gasteiger partial charge in [-0.3, -0.25) is 4.79 Å². The molecule has 0 aromatic heterocycles. The molecule has 2 aromatic carbocycles. The van der Waals surface area contributed by atoms with Crippen molar-refractivity contribution in [3.8, 4) is 0 Å². The van der Waals surface area contributed by atoms with Gasteiger partial charge in [-0.1, -0.05) is 54.1 Å². The van der Waals surface area contributed by atoms with Crippen LogP contribution < -0.4 is 10.7 Å². The summed E-state index contributed by atoms with van der Waals surface area (Å²) < 4.78 is 0. The van der Waals surface area contributed by atoms with Gasteiger partial charge in [-0.25, -0.2) is 5.43 Å². The largest absolute Gasteiger partial charge is 0.376 e. The highest BCUT2D eigenvalue weighted by molar-refractivity contribution is 5.97. The highest BCUT2D eigenvalue weighted by Gasteiger charge is 2.02. The lowest BCUT2D eigenvalue weighted by Gasteiger charge is -2.09. The normalized spacial score (nSPS) is 11.5. The first-order valence-electron chi connectivity index (χ1n) is 7.92. The Morgan fingerprint density at radius 2 is 1.88 bits per heavy atom. The first kappa shape index (κ1) is 17.5. The Balaban J connectivity index is 1.82. The minimum absolute atomic E-state index is 0.178. The topological polar surface area (TPSA) is 53.5 Å². The van der Waals surface area contributed by atoms with E-state index in [1.54, 1.807) is 0 Å². The molecule has 0 atom stereocenters. The summed E-state index contributed by atoms with van der Waals surface area (Å²) in [4.78, 5) is 11.9. The SMILES string of the molecule is CC(/C=C/c1ccccc1)=NNC(=O)CNc1ccc(C)cc1C. The van der Waals surface area contributed by atoms with Gasteiger partial charge in [0.2, 0.25) is 0 Å².